The molecule has 2 heterocycles. The van der Waals surface area contributed by atoms with Crippen LogP contribution in [0.25, 0.3) is 5.82 Å². The Bertz CT molecular complexity index is 1250. The van der Waals surface area contributed by atoms with Gasteiger partial charge in [-0.15, -0.1) is 5.10 Å². The van der Waals surface area contributed by atoms with Gasteiger partial charge in [0, 0.05) is 17.4 Å². The fraction of sp³-hybridized carbons (Fsp3) is 0.167. The van der Waals surface area contributed by atoms with Crippen LogP contribution >= 0.6 is 0 Å². The molecule has 156 valence electrons. The van der Waals surface area contributed by atoms with E-state index in [1.807, 2.05) is 80.6 Å². The maximum Gasteiger partial charge on any atom is 0.267 e. The maximum atomic E-state index is 13.3. The van der Waals surface area contributed by atoms with E-state index in [0.29, 0.717) is 12.4 Å². The molecule has 31 heavy (non-hydrogen) atoms. The molecule has 0 N–H and O–H groups in total. The van der Waals surface area contributed by atoms with Crippen molar-refractivity contribution in [3.05, 3.63) is 106 Å². The zero-order valence-corrected chi connectivity index (χ0v) is 17.5. The molecule has 0 radical (unpaired) electrons. The molecule has 4 rings (SSSR count). The molecule has 0 spiro atoms. The van der Waals surface area contributed by atoms with Gasteiger partial charge in [-0.3, -0.25) is 9.59 Å². The van der Waals surface area contributed by atoms with Crippen molar-refractivity contribution in [1.82, 2.24) is 19.6 Å². The normalized spacial score (nSPS) is 10.8. The summed E-state index contributed by atoms with van der Waals surface area (Å²) in [5, 5.41) is 8.81. The molecular formula is C24H23N5O2. The van der Waals surface area contributed by atoms with E-state index in [2.05, 4.69) is 10.2 Å². The lowest BCUT2D eigenvalue weighted by Crippen LogP contribution is -2.37. The number of para-hydroxylation sites is 1. The van der Waals surface area contributed by atoms with Crippen LogP contribution in [0.1, 0.15) is 17.0 Å². The van der Waals surface area contributed by atoms with Gasteiger partial charge in [-0.1, -0.05) is 48.5 Å². The van der Waals surface area contributed by atoms with Gasteiger partial charge in [-0.25, -0.2) is 9.36 Å². The first kappa shape index (κ1) is 20.3. The number of amides is 1. The molecule has 2 aromatic heterocycles. The van der Waals surface area contributed by atoms with Crippen molar-refractivity contribution in [2.75, 3.05) is 4.90 Å². The lowest BCUT2D eigenvalue weighted by molar-refractivity contribution is -0.119. The van der Waals surface area contributed by atoms with Gasteiger partial charge in [-0.2, -0.15) is 5.10 Å². The SMILES string of the molecule is Cc1cc(C)n(-c2ccc(=O)n(CC(=O)N(Cc3ccccc3)c3ccccc3)n2)n1. The Morgan fingerprint density at radius 2 is 1.58 bits per heavy atom. The van der Waals surface area contributed by atoms with E-state index in [0.717, 1.165) is 22.6 Å². The Hall–Kier alpha value is -4.00. The number of rotatable bonds is 6. The number of aromatic nitrogens is 4. The summed E-state index contributed by atoms with van der Waals surface area (Å²) in [6, 6.07) is 24.1. The standard InChI is InChI=1S/C24H23N5O2/c1-18-15-19(2)29(25-18)22-13-14-23(30)28(26-22)17-24(31)27(21-11-7-4-8-12-21)16-20-9-5-3-6-10-20/h3-15H,16-17H2,1-2H3. The minimum atomic E-state index is -0.341. The highest BCUT2D eigenvalue weighted by atomic mass is 16.2. The van der Waals surface area contributed by atoms with Crippen LogP contribution in [0.3, 0.4) is 0 Å². The van der Waals surface area contributed by atoms with Crippen molar-refractivity contribution in [2.45, 2.75) is 26.9 Å². The largest absolute Gasteiger partial charge is 0.306 e. The number of nitrogens with zero attached hydrogens (tertiary/aromatic N) is 5. The second-order valence-electron chi connectivity index (χ2n) is 7.33. The van der Waals surface area contributed by atoms with Crippen molar-refractivity contribution in [1.29, 1.82) is 0 Å². The lowest BCUT2D eigenvalue weighted by Gasteiger charge is -2.23. The molecule has 4 aromatic rings. The predicted octanol–water partition coefficient (Wildman–Crippen LogP) is 3.28. The Balaban J connectivity index is 1.65. The van der Waals surface area contributed by atoms with E-state index >= 15 is 0 Å². The molecule has 1 amide bonds. The third-order valence-corrected chi connectivity index (χ3v) is 4.92. The van der Waals surface area contributed by atoms with Crippen LogP contribution in [0.5, 0.6) is 0 Å². The third kappa shape index (κ3) is 4.61. The zero-order chi connectivity index (χ0) is 21.8. The van der Waals surface area contributed by atoms with E-state index < -0.39 is 0 Å². The summed E-state index contributed by atoms with van der Waals surface area (Å²) in [4.78, 5) is 27.4. The predicted molar refractivity (Wildman–Crippen MR) is 119 cm³/mol. The van der Waals surface area contributed by atoms with Crippen LogP contribution in [0.15, 0.2) is 83.7 Å². The number of anilines is 1. The molecule has 0 bridgehead atoms. The van der Waals surface area contributed by atoms with Crippen molar-refractivity contribution in [3.8, 4) is 5.82 Å². The highest BCUT2D eigenvalue weighted by Crippen LogP contribution is 2.17. The average Bonchev–Trinajstić information content (AvgIpc) is 3.12. The minimum absolute atomic E-state index is 0.173. The molecule has 7 heteroatoms. The van der Waals surface area contributed by atoms with Gasteiger partial charge in [0.25, 0.3) is 5.56 Å². The fourth-order valence-electron chi connectivity index (χ4n) is 3.44. The molecule has 0 saturated carbocycles. The van der Waals surface area contributed by atoms with Crippen LogP contribution in [0.2, 0.25) is 0 Å². The van der Waals surface area contributed by atoms with E-state index in [-0.39, 0.29) is 18.0 Å². The van der Waals surface area contributed by atoms with E-state index in [4.69, 9.17) is 0 Å². The Morgan fingerprint density at radius 1 is 0.903 bits per heavy atom. The van der Waals surface area contributed by atoms with Crippen LogP contribution in [-0.2, 0) is 17.9 Å². The summed E-state index contributed by atoms with van der Waals surface area (Å²) >= 11 is 0. The van der Waals surface area contributed by atoms with Crippen molar-refractivity contribution < 1.29 is 4.79 Å². The molecule has 2 aromatic carbocycles. The maximum absolute atomic E-state index is 13.3. The molecule has 0 atom stereocenters. The second kappa shape index (κ2) is 8.79. The Labute approximate surface area is 180 Å². The van der Waals surface area contributed by atoms with E-state index in [9.17, 15) is 9.59 Å². The summed E-state index contributed by atoms with van der Waals surface area (Å²) in [7, 11) is 0. The molecule has 0 saturated heterocycles. The van der Waals surface area contributed by atoms with E-state index in [1.54, 1.807) is 15.6 Å². The summed E-state index contributed by atoms with van der Waals surface area (Å²) in [6.07, 6.45) is 0. The van der Waals surface area contributed by atoms with Gasteiger partial charge < -0.3 is 4.90 Å². The molecule has 7 nitrogen and oxygen atoms in total. The number of carbonyl (C=O) groups excluding carboxylic acids is 1. The summed E-state index contributed by atoms with van der Waals surface area (Å²) in [5.41, 5.74) is 3.17. The molecule has 0 aliphatic heterocycles. The number of carbonyl (C=O) groups is 1. The first-order chi connectivity index (χ1) is 15.0. The first-order valence-corrected chi connectivity index (χ1v) is 10.0. The van der Waals surface area contributed by atoms with Gasteiger partial charge in [0.1, 0.15) is 6.54 Å². The number of aryl methyl sites for hydroxylation is 2. The number of benzene rings is 2. The topological polar surface area (TPSA) is 73.0 Å². The van der Waals surface area contributed by atoms with Crippen LogP contribution < -0.4 is 10.5 Å². The van der Waals surface area contributed by atoms with Crippen LogP contribution in [0.4, 0.5) is 5.69 Å². The third-order valence-electron chi connectivity index (χ3n) is 4.92. The molecule has 0 fully saturated rings. The van der Waals surface area contributed by atoms with E-state index in [1.165, 1.54) is 10.7 Å². The van der Waals surface area contributed by atoms with Gasteiger partial charge in [0.05, 0.1) is 12.2 Å². The first-order valence-electron chi connectivity index (χ1n) is 10.0. The van der Waals surface area contributed by atoms with Gasteiger partial charge in [-0.05, 0) is 43.7 Å². The molecule has 0 aliphatic rings. The average molecular weight is 413 g/mol. The van der Waals surface area contributed by atoms with Crippen molar-refractivity contribution in [2.24, 2.45) is 0 Å². The van der Waals surface area contributed by atoms with Gasteiger partial charge >= 0.3 is 0 Å². The van der Waals surface area contributed by atoms with Crippen LogP contribution in [0, 0.1) is 13.8 Å². The van der Waals surface area contributed by atoms with Crippen molar-refractivity contribution >= 4 is 11.6 Å². The smallest absolute Gasteiger partial charge is 0.267 e. The summed E-state index contributed by atoms with van der Waals surface area (Å²) in [5.74, 6) is 0.266. The zero-order valence-electron chi connectivity index (χ0n) is 17.5. The van der Waals surface area contributed by atoms with Gasteiger partial charge in [0.15, 0.2) is 5.82 Å². The minimum Gasteiger partial charge on any atom is -0.306 e. The summed E-state index contributed by atoms with van der Waals surface area (Å²) < 4.78 is 2.85. The number of hydrogen-bond donors (Lipinski definition) is 0. The second-order valence-corrected chi connectivity index (χ2v) is 7.33. The van der Waals surface area contributed by atoms with Crippen LogP contribution in [-0.4, -0.2) is 25.5 Å². The molecule has 0 unspecified atom stereocenters. The highest BCUT2D eigenvalue weighted by Gasteiger charge is 2.18. The quantitative estimate of drug-likeness (QED) is 0.486. The Kier molecular flexibility index (Phi) is 5.75. The van der Waals surface area contributed by atoms with Gasteiger partial charge in [0.2, 0.25) is 5.91 Å². The monoisotopic (exact) mass is 413 g/mol. The molecule has 0 aliphatic carbocycles. The number of hydrogen-bond acceptors (Lipinski definition) is 4. The summed E-state index contributed by atoms with van der Waals surface area (Å²) in [6.45, 7) is 4.03. The fourth-order valence-corrected chi connectivity index (χ4v) is 3.44. The Morgan fingerprint density at radius 3 is 2.23 bits per heavy atom. The van der Waals surface area contributed by atoms with Crippen molar-refractivity contribution in [3.63, 3.8) is 0 Å². The lowest BCUT2D eigenvalue weighted by atomic mass is 10.2. The molecular weight excluding hydrogens is 390 g/mol. The highest BCUT2D eigenvalue weighted by molar-refractivity contribution is 5.93.